The Morgan fingerprint density at radius 2 is 1.85 bits per heavy atom. The van der Waals surface area contributed by atoms with Crippen molar-refractivity contribution in [3.8, 4) is 0 Å². The monoisotopic (exact) mass is 278 g/mol. The van der Waals surface area contributed by atoms with E-state index in [2.05, 4.69) is 10.6 Å². The van der Waals surface area contributed by atoms with Crippen LogP contribution in [0.1, 0.15) is 31.9 Å². The second kappa shape index (κ2) is 7.49. The lowest BCUT2D eigenvalue weighted by molar-refractivity contribution is -0.125. The van der Waals surface area contributed by atoms with E-state index in [1.807, 2.05) is 26.0 Å². The molecule has 0 bridgehead atoms. The zero-order chi connectivity index (χ0) is 15.1. The van der Waals surface area contributed by atoms with Crippen LogP contribution in [0.25, 0.3) is 0 Å². The molecule has 110 valence electrons. The molecule has 0 fully saturated rings. The number of amides is 3. The van der Waals surface area contributed by atoms with Crippen LogP contribution in [0.2, 0.25) is 0 Å². The van der Waals surface area contributed by atoms with E-state index in [1.165, 1.54) is 0 Å². The third-order valence-electron chi connectivity index (χ3n) is 3.19. The number of rotatable bonds is 6. The Morgan fingerprint density at radius 1 is 1.25 bits per heavy atom. The molecule has 2 unspecified atom stereocenters. The van der Waals surface area contributed by atoms with Gasteiger partial charge in [-0.2, -0.15) is 0 Å². The van der Waals surface area contributed by atoms with Gasteiger partial charge in [-0.15, -0.1) is 0 Å². The molecule has 0 aliphatic rings. The van der Waals surface area contributed by atoms with Gasteiger partial charge in [0.05, 0.1) is 6.04 Å². The number of hydrogen-bond acceptors (Lipinski definition) is 3. The molecular weight excluding hydrogens is 256 g/mol. The number of nitrogens with one attached hydrogen (secondary N) is 2. The van der Waals surface area contributed by atoms with Gasteiger partial charge in [-0.05, 0) is 31.0 Å². The molecule has 0 radical (unpaired) electrons. The normalized spacial score (nSPS) is 13.3. The summed E-state index contributed by atoms with van der Waals surface area (Å²) in [6.45, 7) is 4.18. The Hall–Kier alpha value is -2.08. The summed E-state index contributed by atoms with van der Waals surface area (Å²) in [4.78, 5) is 22.7. The maximum absolute atomic E-state index is 11.9. The highest BCUT2D eigenvalue weighted by Crippen LogP contribution is 2.16. The average molecular weight is 278 g/mol. The number of carbonyl (C=O) groups excluding carboxylic acids is 2. The number of hydrogen-bond donors (Lipinski definition) is 4. The second-order valence-electron chi connectivity index (χ2n) is 4.68. The molecule has 0 aliphatic heterocycles. The Kier molecular flexibility index (Phi) is 5.99. The van der Waals surface area contributed by atoms with E-state index < -0.39 is 6.03 Å². The van der Waals surface area contributed by atoms with Crippen LogP contribution in [0, 0.1) is 5.92 Å². The van der Waals surface area contributed by atoms with Crippen LogP contribution in [0.4, 0.5) is 10.5 Å². The van der Waals surface area contributed by atoms with Crippen LogP contribution in [0.5, 0.6) is 0 Å². The number of anilines is 1. The van der Waals surface area contributed by atoms with Gasteiger partial charge in [0.1, 0.15) is 0 Å². The van der Waals surface area contributed by atoms with Gasteiger partial charge in [0.2, 0.25) is 5.91 Å². The van der Waals surface area contributed by atoms with Crippen molar-refractivity contribution in [1.29, 1.82) is 0 Å². The van der Waals surface area contributed by atoms with Crippen molar-refractivity contribution in [2.24, 2.45) is 17.4 Å². The Labute approximate surface area is 118 Å². The molecule has 0 spiro atoms. The average Bonchev–Trinajstić information content (AvgIpc) is 2.40. The Morgan fingerprint density at radius 3 is 2.30 bits per heavy atom. The van der Waals surface area contributed by atoms with E-state index in [0.717, 1.165) is 12.0 Å². The van der Waals surface area contributed by atoms with Crippen LogP contribution in [0.15, 0.2) is 24.3 Å². The minimum atomic E-state index is -0.604. The first-order valence-corrected chi connectivity index (χ1v) is 6.64. The molecule has 6 N–H and O–H groups in total. The van der Waals surface area contributed by atoms with Crippen LogP contribution in [0.3, 0.4) is 0 Å². The van der Waals surface area contributed by atoms with E-state index in [-0.39, 0.29) is 17.9 Å². The molecule has 6 heteroatoms. The molecule has 0 aliphatic carbocycles. The minimum Gasteiger partial charge on any atom is -0.351 e. The molecule has 1 rings (SSSR count). The largest absolute Gasteiger partial charge is 0.351 e. The number of urea groups is 1. The summed E-state index contributed by atoms with van der Waals surface area (Å²) in [7, 11) is 0. The molecule has 0 saturated heterocycles. The molecule has 1 aromatic rings. The zero-order valence-corrected chi connectivity index (χ0v) is 11.8. The van der Waals surface area contributed by atoms with Gasteiger partial charge in [-0.25, -0.2) is 4.79 Å². The summed E-state index contributed by atoms with van der Waals surface area (Å²) in [6, 6.07) is 6.42. The highest BCUT2D eigenvalue weighted by molar-refractivity contribution is 5.87. The standard InChI is InChI=1S/C14H22N4O2/c1-3-10(8-15)13(19)17-9(2)11-4-6-12(7-5-11)18-14(16)20/h4-7,9-10H,3,8,15H2,1-2H3,(H,17,19)(H3,16,18,20). The number of nitrogens with two attached hydrogens (primary N) is 2. The van der Waals surface area contributed by atoms with Crippen molar-refractivity contribution >= 4 is 17.6 Å². The highest BCUT2D eigenvalue weighted by atomic mass is 16.2. The number of carbonyl (C=O) groups is 2. The first-order chi connectivity index (χ1) is 9.47. The van der Waals surface area contributed by atoms with Crippen LogP contribution < -0.4 is 22.1 Å². The summed E-state index contributed by atoms with van der Waals surface area (Å²) in [6.07, 6.45) is 0.719. The molecule has 6 nitrogen and oxygen atoms in total. The molecule has 3 amide bonds. The van der Waals surface area contributed by atoms with Crippen LogP contribution in [-0.4, -0.2) is 18.5 Å². The smallest absolute Gasteiger partial charge is 0.316 e. The third kappa shape index (κ3) is 4.55. The van der Waals surface area contributed by atoms with Gasteiger partial charge in [-0.3, -0.25) is 4.79 Å². The van der Waals surface area contributed by atoms with E-state index in [9.17, 15) is 9.59 Å². The van der Waals surface area contributed by atoms with E-state index in [0.29, 0.717) is 12.2 Å². The van der Waals surface area contributed by atoms with Crippen molar-refractivity contribution < 1.29 is 9.59 Å². The van der Waals surface area contributed by atoms with Crippen molar-refractivity contribution in [2.75, 3.05) is 11.9 Å². The Balaban J connectivity index is 2.65. The maximum atomic E-state index is 11.9. The summed E-state index contributed by atoms with van der Waals surface area (Å²) in [5, 5.41) is 5.41. The fourth-order valence-corrected chi connectivity index (χ4v) is 1.87. The van der Waals surface area contributed by atoms with Gasteiger partial charge in [0.25, 0.3) is 0 Å². The highest BCUT2D eigenvalue weighted by Gasteiger charge is 2.17. The fourth-order valence-electron chi connectivity index (χ4n) is 1.87. The molecule has 2 atom stereocenters. The maximum Gasteiger partial charge on any atom is 0.316 e. The zero-order valence-electron chi connectivity index (χ0n) is 11.8. The first kappa shape index (κ1) is 16.0. The van der Waals surface area contributed by atoms with E-state index in [4.69, 9.17) is 11.5 Å². The van der Waals surface area contributed by atoms with Gasteiger partial charge >= 0.3 is 6.03 Å². The predicted octanol–water partition coefficient (Wildman–Crippen LogP) is 1.34. The SMILES string of the molecule is CCC(CN)C(=O)NC(C)c1ccc(NC(N)=O)cc1. The second-order valence-corrected chi connectivity index (χ2v) is 4.68. The lowest BCUT2D eigenvalue weighted by Gasteiger charge is -2.18. The van der Waals surface area contributed by atoms with Crippen molar-refractivity contribution in [2.45, 2.75) is 26.3 Å². The summed E-state index contributed by atoms with van der Waals surface area (Å²) in [5.41, 5.74) is 12.1. The summed E-state index contributed by atoms with van der Waals surface area (Å²) in [5.74, 6) is -0.199. The van der Waals surface area contributed by atoms with Crippen LogP contribution in [-0.2, 0) is 4.79 Å². The summed E-state index contributed by atoms with van der Waals surface area (Å²) >= 11 is 0. The van der Waals surface area contributed by atoms with Crippen molar-refractivity contribution in [1.82, 2.24) is 5.32 Å². The summed E-state index contributed by atoms with van der Waals surface area (Å²) < 4.78 is 0. The van der Waals surface area contributed by atoms with Gasteiger partial charge in [0.15, 0.2) is 0 Å². The molecular formula is C14H22N4O2. The number of benzene rings is 1. The van der Waals surface area contributed by atoms with E-state index >= 15 is 0 Å². The van der Waals surface area contributed by atoms with Gasteiger partial charge < -0.3 is 22.1 Å². The van der Waals surface area contributed by atoms with Crippen LogP contribution >= 0.6 is 0 Å². The predicted molar refractivity (Wildman–Crippen MR) is 79.0 cm³/mol. The third-order valence-corrected chi connectivity index (χ3v) is 3.19. The van der Waals surface area contributed by atoms with E-state index in [1.54, 1.807) is 12.1 Å². The topological polar surface area (TPSA) is 110 Å². The molecule has 0 heterocycles. The fraction of sp³-hybridized carbons (Fsp3) is 0.429. The Bertz CT molecular complexity index is 455. The molecule has 20 heavy (non-hydrogen) atoms. The molecule has 0 saturated carbocycles. The first-order valence-electron chi connectivity index (χ1n) is 6.64. The lowest BCUT2D eigenvalue weighted by Crippen LogP contribution is -2.36. The quantitative estimate of drug-likeness (QED) is 0.630. The van der Waals surface area contributed by atoms with Crippen molar-refractivity contribution in [3.05, 3.63) is 29.8 Å². The van der Waals surface area contributed by atoms with Gasteiger partial charge in [-0.1, -0.05) is 19.1 Å². The molecule has 0 aromatic heterocycles. The van der Waals surface area contributed by atoms with Crippen molar-refractivity contribution in [3.63, 3.8) is 0 Å². The minimum absolute atomic E-state index is 0.0400. The molecule has 1 aromatic carbocycles. The van der Waals surface area contributed by atoms with Gasteiger partial charge in [0, 0.05) is 18.2 Å². The lowest BCUT2D eigenvalue weighted by atomic mass is 10.0. The number of primary amides is 1.